The van der Waals surface area contributed by atoms with Gasteiger partial charge in [0.1, 0.15) is 5.82 Å². The van der Waals surface area contributed by atoms with Gasteiger partial charge in [-0.15, -0.1) is 0 Å². The first-order chi connectivity index (χ1) is 9.63. The highest BCUT2D eigenvalue weighted by atomic mass is 19.1. The average molecular weight is 265 g/mol. The van der Waals surface area contributed by atoms with Crippen molar-refractivity contribution < 1.29 is 4.39 Å². The number of halogens is 1. The molecule has 0 N–H and O–H groups in total. The zero-order valence-electron chi connectivity index (χ0n) is 11.0. The van der Waals surface area contributed by atoms with E-state index in [1.807, 2.05) is 24.1 Å². The number of benzene rings is 2. The topological polar surface area (TPSA) is 50.8 Å². The van der Waals surface area contributed by atoms with Gasteiger partial charge in [-0.05, 0) is 36.4 Å². The smallest absolute Gasteiger partial charge is 0.128 e. The molecule has 0 unspecified atom stereocenters. The SMILES string of the molecule is CN(Cc1cc(C#N)ccc1F)c1cccc(C#N)c1. The summed E-state index contributed by atoms with van der Waals surface area (Å²) in [5.41, 5.74) is 2.26. The minimum atomic E-state index is -0.340. The van der Waals surface area contributed by atoms with E-state index in [4.69, 9.17) is 10.5 Å². The summed E-state index contributed by atoms with van der Waals surface area (Å²) in [5.74, 6) is -0.340. The summed E-state index contributed by atoms with van der Waals surface area (Å²) >= 11 is 0. The second-order valence-corrected chi connectivity index (χ2v) is 4.44. The van der Waals surface area contributed by atoms with Gasteiger partial charge < -0.3 is 4.90 Å². The Morgan fingerprint density at radius 1 is 1.05 bits per heavy atom. The van der Waals surface area contributed by atoms with E-state index in [1.165, 1.54) is 12.1 Å². The Balaban J connectivity index is 2.25. The highest BCUT2D eigenvalue weighted by Crippen LogP contribution is 2.19. The molecule has 0 bridgehead atoms. The van der Waals surface area contributed by atoms with E-state index in [9.17, 15) is 4.39 Å². The molecule has 0 aromatic heterocycles. The molecule has 2 aromatic rings. The van der Waals surface area contributed by atoms with Crippen molar-refractivity contribution in [1.82, 2.24) is 0 Å². The van der Waals surface area contributed by atoms with Gasteiger partial charge >= 0.3 is 0 Å². The van der Waals surface area contributed by atoms with Crippen molar-refractivity contribution in [1.29, 1.82) is 10.5 Å². The van der Waals surface area contributed by atoms with Gasteiger partial charge in [0.15, 0.2) is 0 Å². The molecule has 0 aliphatic rings. The number of hydrogen-bond donors (Lipinski definition) is 0. The Labute approximate surface area is 117 Å². The summed E-state index contributed by atoms with van der Waals surface area (Å²) in [4.78, 5) is 1.83. The van der Waals surface area contributed by atoms with E-state index in [-0.39, 0.29) is 5.82 Å². The van der Waals surface area contributed by atoms with Crippen molar-refractivity contribution in [2.24, 2.45) is 0 Å². The van der Waals surface area contributed by atoms with Crippen LogP contribution < -0.4 is 4.90 Å². The molecule has 0 aliphatic carbocycles. The van der Waals surface area contributed by atoms with E-state index in [1.54, 1.807) is 24.3 Å². The van der Waals surface area contributed by atoms with Crippen molar-refractivity contribution in [2.75, 3.05) is 11.9 Å². The zero-order chi connectivity index (χ0) is 14.5. The molecule has 0 amide bonds. The molecular formula is C16H12FN3. The highest BCUT2D eigenvalue weighted by molar-refractivity contribution is 5.51. The molecule has 0 saturated heterocycles. The minimum Gasteiger partial charge on any atom is -0.370 e. The van der Waals surface area contributed by atoms with E-state index >= 15 is 0 Å². The maximum absolute atomic E-state index is 13.7. The molecule has 3 nitrogen and oxygen atoms in total. The van der Waals surface area contributed by atoms with Gasteiger partial charge in [0.25, 0.3) is 0 Å². The van der Waals surface area contributed by atoms with Gasteiger partial charge in [-0.2, -0.15) is 10.5 Å². The molecule has 0 heterocycles. The van der Waals surface area contributed by atoms with E-state index in [2.05, 4.69) is 6.07 Å². The van der Waals surface area contributed by atoms with Crippen LogP contribution in [0.1, 0.15) is 16.7 Å². The number of hydrogen-bond acceptors (Lipinski definition) is 3. The van der Waals surface area contributed by atoms with Gasteiger partial charge in [0.05, 0.1) is 23.3 Å². The van der Waals surface area contributed by atoms with Crippen LogP contribution >= 0.6 is 0 Å². The number of nitrogens with zero attached hydrogens (tertiary/aromatic N) is 3. The lowest BCUT2D eigenvalue weighted by Gasteiger charge is -2.20. The first kappa shape index (κ1) is 13.6. The Morgan fingerprint density at radius 2 is 1.75 bits per heavy atom. The molecular weight excluding hydrogens is 253 g/mol. The van der Waals surface area contributed by atoms with Gasteiger partial charge in [-0.1, -0.05) is 6.07 Å². The lowest BCUT2D eigenvalue weighted by molar-refractivity contribution is 0.607. The Kier molecular flexibility index (Phi) is 3.98. The van der Waals surface area contributed by atoms with Crippen LogP contribution in [0.4, 0.5) is 10.1 Å². The fraction of sp³-hybridized carbons (Fsp3) is 0.125. The summed E-state index contributed by atoms with van der Waals surface area (Å²) in [6.07, 6.45) is 0. The molecule has 2 aromatic carbocycles. The third-order valence-electron chi connectivity index (χ3n) is 3.00. The Bertz CT molecular complexity index is 710. The molecule has 20 heavy (non-hydrogen) atoms. The molecule has 0 spiro atoms. The lowest BCUT2D eigenvalue weighted by atomic mass is 10.1. The molecule has 0 aliphatic heterocycles. The number of anilines is 1. The normalized spacial score (nSPS) is 9.60. The van der Waals surface area contributed by atoms with Gasteiger partial charge in [0.2, 0.25) is 0 Å². The first-order valence-electron chi connectivity index (χ1n) is 6.04. The van der Waals surface area contributed by atoms with Crippen molar-refractivity contribution in [3.63, 3.8) is 0 Å². The molecule has 0 atom stereocenters. The standard InChI is InChI=1S/C16H12FN3/c1-20(15-4-2-3-12(8-15)9-18)11-14-7-13(10-19)5-6-16(14)17/h2-8H,11H2,1H3. The van der Waals surface area contributed by atoms with Crippen LogP contribution in [0.25, 0.3) is 0 Å². The maximum Gasteiger partial charge on any atom is 0.128 e. The van der Waals surface area contributed by atoms with Crippen molar-refractivity contribution >= 4 is 5.69 Å². The van der Waals surface area contributed by atoms with Crippen LogP contribution in [0.15, 0.2) is 42.5 Å². The fourth-order valence-corrected chi connectivity index (χ4v) is 1.93. The van der Waals surface area contributed by atoms with Crippen LogP contribution in [0, 0.1) is 28.5 Å². The predicted octanol–water partition coefficient (Wildman–Crippen LogP) is 3.21. The number of rotatable bonds is 3. The maximum atomic E-state index is 13.7. The summed E-state index contributed by atoms with van der Waals surface area (Å²) in [6.45, 7) is 0.330. The summed E-state index contributed by atoms with van der Waals surface area (Å²) in [5, 5.41) is 17.7. The lowest BCUT2D eigenvalue weighted by Crippen LogP contribution is -2.17. The summed E-state index contributed by atoms with van der Waals surface area (Å²) < 4.78 is 13.7. The van der Waals surface area contributed by atoms with Crippen LogP contribution in [-0.2, 0) is 6.54 Å². The van der Waals surface area contributed by atoms with Crippen LogP contribution in [0.3, 0.4) is 0 Å². The third kappa shape index (κ3) is 2.93. The first-order valence-corrected chi connectivity index (χ1v) is 6.04. The van der Waals surface area contributed by atoms with Gasteiger partial charge in [0, 0.05) is 24.8 Å². The molecule has 0 fully saturated rings. The van der Waals surface area contributed by atoms with Gasteiger partial charge in [-0.25, -0.2) is 4.39 Å². The number of nitriles is 2. The monoisotopic (exact) mass is 265 g/mol. The largest absolute Gasteiger partial charge is 0.370 e. The van der Waals surface area contributed by atoms with Crippen molar-refractivity contribution in [3.8, 4) is 12.1 Å². The van der Waals surface area contributed by atoms with E-state index < -0.39 is 0 Å². The fourth-order valence-electron chi connectivity index (χ4n) is 1.93. The van der Waals surface area contributed by atoms with Crippen LogP contribution in [0.5, 0.6) is 0 Å². The molecule has 98 valence electrons. The average Bonchev–Trinajstić information content (AvgIpc) is 2.49. The Morgan fingerprint density at radius 3 is 2.45 bits per heavy atom. The van der Waals surface area contributed by atoms with Crippen molar-refractivity contribution in [3.05, 3.63) is 65.0 Å². The van der Waals surface area contributed by atoms with Crippen LogP contribution in [0.2, 0.25) is 0 Å². The minimum absolute atomic E-state index is 0.330. The molecule has 4 heteroatoms. The van der Waals surface area contributed by atoms with Gasteiger partial charge in [-0.3, -0.25) is 0 Å². The molecule has 0 radical (unpaired) electrons. The quantitative estimate of drug-likeness (QED) is 0.856. The Hall–Kier alpha value is -2.85. The van der Waals surface area contributed by atoms with Crippen molar-refractivity contribution in [2.45, 2.75) is 6.54 Å². The summed E-state index contributed by atoms with van der Waals surface area (Å²) in [6, 6.07) is 15.5. The van der Waals surface area contributed by atoms with E-state index in [0.717, 1.165) is 5.69 Å². The predicted molar refractivity (Wildman–Crippen MR) is 74.4 cm³/mol. The summed E-state index contributed by atoms with van der Waals surface area (Å²) in [7, 11) is 1.81. The third-order valence-corrected chi connectivity index (χ3v) is 3.00. The molecule has 2 rings (SSSR count). The highest BCUT2D eigenvalue weighted by Gasteiger charge is 2.08. The molecule has 0 saturated carbocycles. The second-order valence-electron chi connectivity index (χ2n) is 4.44. The second kappa shape index (κ2) is 5.86. The van der Waals surface area contributed by atoms with Crippen LogP contribution in [-0.4, -0.2) is 7.05 Å². The zero-order valence-corrected chi connectivity index (χ0v) is 11.0. The van der Waals surface area contributed by atoms with E-state index in [0.29, 0.717) is 23.2 Å².